The van der Waals surface area contributed by atoms with E-state index in [4.69, 9.17) is 11.6 Å². The molecule has 13 heavy (non-hydrogen) atoms. The van der Waals surface area contributed by atoms with Crippen LogP contribution in [0.15, 0.2) is 29.2 Å². The molecule has 0 heterocycles. The number of carbonyl (C=O) groups excluding carboxylic acids is 1. The Morgan fingerprint density at radius 3 is 2.46 bits per heavy atom. The number of rotatable bonds is 3. The lowest BCUT2D eigenvalue weighted by molar-refractivity contribution is -0.304. The zero-order valence-electron chi connectivity index (χ0n) is 6.99. The van der Waals surface area contributed by atoms with E-state index in [-0.39, 0.29) is 0 Å². The molecular formula is C9H8ClO2S-. The number of carboxylic acids is 1. The minimum atomic E-state index is -1.06. The van der Waals surface area contributed by atoms with Gasteiger partial charge in [0.2, 0.25) is 0 Å². The van der Waals surface area contributed by atoms with Crippen LogP contribution in [0.3, 0.4) is 0 Å². The lowest BCUT2D eigenvalue weighted by Gasteiger charge is -2.11. The van der Waals surface area contributed by atoms with E-state index in [1.807, 2.05) is 0 Å². The summed E-state index contributed by atoms with van der Waals surface area (Å²) in [5.74, 6) is -1.06. The maximum atomic E-state index is 10.4. The minimum absolute atomic E-state index is 0.541. The van der Waals surface area contributed by atoms with Gasteiger partial charge >= 0.3 is 0 Å². The van der Waals surface area contributed by atoms with Crippen molar-refractivity contribution in [1.29, 1.82) is 0 Å². The molecule has 0 fully saturated rings. The highest BCUT2D eigenvalue weighted by Gasteiger charge is 2.04. The quantitative estimate of drug-likeness (QED) is 0.719. The predicted molar refractivity (Wildman–Crippen MR) is 51.8 cm³/mol. The number of aliphatic carboxylic acids is 1. The number of benzene rings is 1. The van der Waals surface area contributed by atoms with Crippen LogP contribution >= 0.6 is 23.4 Å². The normalized spacial score (nSPS) is 12.5. The first-order chi connectivity index (χ1) is 6.09. The van der Waals surface area contributed by atoms with Crippen LogP contribution in [0.25, 0.3) is 0 Å². The van der Waals surface area contributed by atoms with Gasteiger partial charge in [-0.05, 0) is 31.2 Å². The molecule has 0 aromatic heterocycles. The average molecular weight is 216 g/mol. The van der Waals surface area contributed by atoms with Gasteiger partial charge in [-0.25, -0.2) is 0 Å². The first-order valence-electron chi connectivity index (χ1n) is 3.72. The molecule has 1 aromatic rings. The van der Waals surface area contributed by atoms with E-state index in [0.717, 1.165) is 4.90 Å². The summed E-state index contributed by atoms with van der Waals surface area (Å²) in [7, 11) is 0. The SMILES string of the molecule is CC(Sc1ccc(Cl)cc1)C(=O)[O-]. The zero-order valence-corrected chi connectivity index (χ0v) is 8.56. The molecule has 0 saturated heterocycles. The van der Waals surface area contributed by atoms with Gasteiger partial charge in [0, 0.05) is 15.2 Å². The van der Waals surface area contributed by atoms with Crippen LogP contribution in [0.5, 0.6) is 0 Å². The van der Waals surface area contributed by atoms with Crippen LogP contribution in [-0.2, 0) is 4.79 Å². The molecule has 0 spiro atoms. The maximum Gasteiger partial charge on any atom is 0.0545 e. The van der Waals surface area contributed by atoms with Crippen LogP contribution in [0.2, 0.25) is 5.02 Å². The monoisotopic (exact) mass is 215 g/mol. The van der Waals surface area contributed by atoms with Crippen molar-refractivity contribution in [1.82, 2.24) is 0 Å². The third-order valence-corrected chi connectivity index (χ3v) is 2.80. The van der Waals surface area contributed by atoms with Gasteiger partial charge in [0.05, 0.1) is 5.97 Å². The summed E-state index contributed by atoms with van der Waals surface area (Å²) in [6.45, 7) is 1.59. The van der Waals surface area contributed by atoms with Crippen LogP contribution in [-0.4, -0.2) is 11.2 Å². The van der Waals surface area contributed by atoms with E-state index < -0.39 is 11.2 Å². The average Bonchev–Trinajstić information content (AvgIpc) is 2.08. The highest BCUT2D eigenvalue weighted by atomic mass is 35.5. The van der Waals surface area contributed by atoms with Gasteiger partial charge in [-0.3, -0.25) is 0 Å². The number of hydrogen-bond acceptors (Lipinski definition) is 3. The third kappa shape index (κ3) is 3.28. The molecule has 0 aliphatic carbocycles. The van der Waals surface area contributed by atoms with Gasteiger partial charge in [-0.1, -0.05) is 11.6 Å². The Balaban J connectivity index is 2.64. The van der Waals surface area contributed by atoms with Gasteiger partial charge in [0.1, 0.15) is 0 Å². The first kappa shape index (κ1) is 10.4. The van der Waals surface area contributed by atoms with Crippen molar-refractivity contribution >= 4 is 29.3 Å². The Morgan fingerprint density at radius 1 is 1.46 bits per heavy atom. The molecule has 0 bridgehead atoms. The van der Waals surface area contributed by atoms with Crippen molar-refractivity contribution in [2.24, 2.45) is 0 Å². The first-order valence-corrected chi connectivity index (χ1v) is 4.98. The van der Waals surface area contributed by atoms with E-state index in [9.17, 15) is 9.90 Å². The third-order valence-electron chi connectivity index (χ3n) is 1.46. The molecule has 1 rings (SSSR count). The van der Waals surface area contributed by atoms with Crippen LogP contribution in [0, 0.1) is 0 Å². The van der Waals surface area contributed by atoms with Crippen molar-refractivity contribution < 1.29 is 9.90 Å². The van der Waals surface area contributed by atoms with Gasteiger partial charge in [0.15, 0.2) is 0 Å². The van der Waals surface area contributed by atoms with Gasteiger partial charge in [0.25, 0.3) is 0 Å². The van der Waals surface area contributed by atoms with E-state index in [0.29, 0.717) is 5.02 Å². The van der Waals surface area contributed by atoms with Crippen molar-refractivity contribution in [2.45, 2.75) is 17.1 Å². The number of carboxylic acid groups (broad SMARTS) is 1. The standard InChI is InChI=1S/C9H9ClO2S/c1-6(9(11)12)13-8-4-2-7(10)3-5-8/h2-6H,1H3,(H,11,12)/p-1. The summed E-state index contributed by atoms with van der Waals surface area (Å²) >= 11 is 6.91. The molecule has 0 aliphatic rings. The van der Waals surface area contributed by atoms with Crippen molar-refractivity contribution in [3.05, 3.63) is 29.3 Å². The Kier molecular flexibility index (Phi) is 3.63. The van der Waals surface area contributed by atoms with Gasteiger partial charge in [-0.2, -0.15) is 0 Å². The summed E-state index contributed by atoms with van der Waals surface area (Å²) in [5, 5.41) is 10.5. The molecular weight excluding hydrogens is 208 g/mol. The Morgan fingerprint density at radius 2 is 2.00 bits per heavy atom. The minimum Gasteiger partial charge on any atom is -0.549 e. The Bertz CT molecular complexity index is 297. The highest BCUT2D eigenvalue weighted by Crippen LogP contribution is 2.24. The molecule has 0 aliphatic heterocycles. The summed E-state index contributed by atoms with van der Waals surface area (Å²) in [6.07, 6.45) is 0. The molecule has 1 atom stereocenters. The van der Waals surface area contributed by atoms with Crippen molar-refractivity contribution in [2.75, 3.05) is 0 Å². The molecule has 0 saturated carbocycles. The van der Waals surface area contributed by atoms with E-state index in [2.05, 4.69) is 0 Å². The fourth-order valence-corrected chi connectivity index (χ4v) is 1.69. The van der Waals surface area contributed by atoms with E-state index in [1.54, 1.807) is 31.2 Å². The predicted octanol–water partition coefficient (Wildman–Crippen LogP) is 1.57. The van der Waals surface area contributed by atoms with E-state index in [1.165, 1.54) is 11.8 Å². The van der Waals surface area contributed by atoms with E-state index >= 15 is 0 Å². The van der Waals surface area contributed by atoms with Gasteiger partial charge in [-0.15, -0.1) is 11.8 Å². The fourth-order valence-electron chi connectivity index (χ4n) is 0.765. The summed E-state index contributed by atoms with van der Waals surface area (Å²) in [5.41, 5.74) is 0. The highest BCUT2D eigenvalue weighted by molar-refractivity contribution is 8.00. The molecule has 70 valence electrons. The second-order valence-electron chi connectivity index (χ2n) is 2.53. The zero-order chi connectivity index (χ0) is 9.84. The molecule has 0 radical (unpaired) electrons. The fraction of sp³-hybridized carbons (Fsp3) is 0.222. The lowest BCUT2D eigenvalue weighted by atomic mass is 10.4. The van der Waals surface area contributed by atoms with Crippen LogP contribution < -0.4 is 5.11 Å². The molecule has 2 nitrogen and oxygen atoms in total. The van der Waals surface area contributed by atoms with Gasteiger partial charge < -0.3 is 9.90 Å². The smallest absolute Gasteiger partial charge is 0.0545 e. The number of halogens is 1. The molecule has 0 amide bonds. The Labute approximate surface area is 85.9 Å². The van der Waals surface area contributed by atoms with Crippen molar-refractivity contribution in [3.63, 3.8) is 0 Å². The summed E-state index contributed by atoms with van der Waals surface area (Å²) in [6, 6.07) is 7.02. The molecule has 4 heteroatoms. The number of hydrogen-bond donors (Lipinski definition) is 0. The second kappa shape index (κ2) is 4.53. The Hall–Kier alpha value is -0.670. The molecule has 0 N–H and O–H groups in total. The summed E-state index contributed by atoms with van der Waals surface area (Å²) in [4.78, 5) is 11.3. The maximum absolute atomic E-state index is 10.4. The largest absolute Gasteiger partial charge is 0.549 e. The summed E-state index contributed by atoms with van der Waals surface area (Å²) < 4.78 is 0. The molecule has 1 aromatic carbocycles. The topological polar surface area (TPSA) is 40.1 Å². The van der Waals surface area contributed by atoms with Crippen LogP contribution in [0.4, 0.5) is 0 Å². The number of thioether (sulfide) groups is 1. The second-order valence-corrected chi connectivity index (χ2v) is 4.38. The molecule has 1 unspecified atom stereocenters. The van der Waals surface area contributed by atoms with Crippen molar-refractivity contribution in [3.8, 4) is 0 Å². The number of carbonyl (C=O) groups is 1. The lowest BCUT2D eigenvalue weighted by Crippen LogP contribution is -2.31. The van der Waals surface area contributed by atoms with Crippen LogP contribution in [0.1, 0.15) is 6.92 Å².